The summed E-state index contributed by atoms with van der Waals surface area (Å²) in [5, 5.41) is 7.07. The Balaban J connectivity index is 1.03. The lowest BCUT2D eigenvalue weighted by molar-refractivity contribution is 0.0531. The topological polar surface area (TPSA) is 105 Å². The van der Waals surface area contributed by atoms with Gasteiger partial charge in [0.25, 0.3) is 10.0 Å². The van der Waals surface area contributed by atoms with E-state index in [-0.39, 0.29) is 22.2 Å². The molecule has 0 unspecified atom stereocenters. The van der Waals surface area contributed by atoms with Crippen LogP contribution in [0.4, 0.5) is 15.2 Å². The van der Waals surface area contributed by atoms with Crippen molar-refractivity contribution in [3.05, 3.63) is 41.2 Å². The van der Waals surface area contributed by atoms with Crippen LogP contribution in [0.25, 0.3) is 10.2 Å². The van der Waals surface area contributed by atoms with Crippen molar-refractivity contribution in [2.75, 3.05) is 57.0 Å². The molecule has 0 saturated heterocycles. The van der Waals surface area contributed by atoms with Gasteiger partial charge in [0.2, 0.25) is 0 Å². The van der Waals surface area contributed by atoms with Crippen molar-refractivity contribution in [3.8, 4) is 5.75 Å². The second-order valence-corrected chi connectivity index (χ2v) is 17.7. The van der Waals surface area contributed by atoms with Gasteiger partial charge in [-0.05, 0) is 120 Å². The van der Waals surface area contributed by atoms with Crippen LogP contribution < -0.4 is 20.1 Å². The average molecular weight is 750 g/mol. The summed E-state index contributed by atoms with van der Waals surface area (Å²) in [6, 6.07) is 8.19. The van der Waals surface area contributed by atoms with Crippen LogP contribution >= 0.6 is 22.9 Å². The predicted molar refractivity (Wildman–Crippen MR) is 202 cm³/mol. The van der Waals surface area contributed by atoms with E-state index in [4.69, 9.17) is 21.1 Å². The Labute approximate surface area is 306 Å². The number of fused-ring (bicyclic) bond motifs is 1. The van der Waals surface area contributed by atoms with Crippen LogP contribution in [0.5, 0.6) is 5.75 Å². The molecule has 2 aromatic carbocycles. The fraction of sp³-hybridized carbons (Fsp3) is 0.649. The summed E-state index contributed by atoms with van der Waals surface area (Å²) in [4.78, 5) is 6.24. The number of nitrogens with zero attached hydrogens (tertiary/aromatic N) is 2. The number of likely N-dealkylation sites (N-methyl/N-ethyl adjacent to an activating group) is 1. The fourth-order valence-corrected chi connectivity index (χ4v) is 10.5. The van der Waals surface area contributed by atoms with Gasteiger partial charge in [-0.3, -0.25) is 9.62 Å². The second kappa shape index (κ2) is 17.5. The van der Waals surface area contributed by atoms with Gasteiger partial charge < -0.3 is 20.1 Å². The van der Waals surface area contributed by atoms with Gasteiger partial charge in [0.05, 0.1) is 34.1 Å². The number of benzene rings is 2. The van der Waals surface area contributed by atoms with Gasteiger partial charge in [0, 0.05) is 25.2 Å². The highest BCUT2D eigenvalue weighted by Gasteiger charge is 2.30. The van der Waals surface area contributed by atoms with Crippen molar-refractivity contribution in [2.24, 2.45) is 17.8 Å². The molecule has 0 radical (unpaired) electrons. The van der Waals surface area contributed by atoms with E-state index in [2.05, 4.69) is 32.3 Å². The molecule has 3 aliphatic carbocycles. The molecule has 0 aliphatic heterocycles. The number of anilines is 2. The first-order chi connectivity index (χ1) is 24.2. The molecule has 50 heavy (non-hydrogen) atoms. The van der Waals surface area contributed by atoms with E-state index in [0.29, 0.717) is 36.3 Å². The average Bonchev–Trinajstić information content (AvgIpc) is 3.77. The lowest BCUT2D eigenvalue weighted by atomic mass is 9.82. The van der Waals surface area contributed by atoms with Crippen LogP contribution in [-0.2, 0) is 14.8 Å². The highest BCUT2D eigenvalue weighted by molar-refractivity contribution is 7.93. The minimum atomic E-state index is -4.29. The number of hydrogen-bond acceptors (Lipinski definition) is 9. The number of ether oxygens (including phenoxy) is 2. The molecule has 0 bridgehead atoms. The van der Waals surface area contributed by atoms with Gasteiger partial charge in [0.15, 0.2) is 5.13 Å². The first kappa shape index (κ1) is 37.5. The number of nitrogens with one attached hydrogen (secondary N) is 3. The summed E-state index contributed by atoms with van der Waals surface area (Å²) in [7, 11) is -0.145. The fourth-order valence-electron chi connectivity index (χ4n) is 7.97. The summed E-state index contributed by atoms with van der Waals surface area (Å²) in [6.45, 7) is 4.09. The van der Waals surface area contributed by atoms with Gasteiger partial charge in [-0.25, -0.2) is 17.8 Å². The largest absolute Gasteiger partial charge is 0.493 e. The van der Waals surface area contributed by atoms with Crippen LogP contribution in [0, 0.1) is 23.6 Å². The molecular weight excluding hydrogens is 697 g/mol. The molecular formula is C37H53ClFN5O4S2. The normalized spacial score (nSPS) is 23.5. The van der Waals surface area contributed by atoms with Crippen molar-refractivity contribution >= 4 is 54.0 Å². The van der Waals surface area contributed by atoms with Crippen LogP contribution in [0.3, 0.4) is 0 Å². The van der Waals surface area contributed by atoms with Gasteiger partial charge in [-0.2, -0.15) is 0 Å². The Bertz CT molecular complexity index is 1660. The molecule has 3 saturated carbocycles. The third kappa shape index (κ3) is 9.80. The molecule has 3 aliphatic rings. The van der Waals surface area contributed by atoms with E-state index in [1.807, 2.05) is 25.2 Å². The number of aromatic nitrogens is 1. The Kier molecular flexibility index (Phi) is 13.2. The predicted octanol–water partition coefficient (Wildman–Crippen LogP) is 8.16. The summed E-state index contributed by atoms with van der Waals surface area (Å²) in [5.74, 6) is 1.89. The van der Waals surface area contributed by atoms with E-state index >= 15 is 4.39 Å². The monoisotopic (exact) mass is 749 g/mol. The van der Waals surface area contributed by atoms with E-state index < -0.39 is 20.7 Å². The van der Waals surface area contributed by atoms with Crippen molar-refractivity contribution in [3.63, 3.8) is 0 Å². The number of thiazole rings is 1. The Morgan fingerprint density at radius 1 is 0.960 bits per heavy atom. The minimum absolute atomic E-state index is 0.0449. The van der Waals surface area contributed by atoms with Crippen LogP contribution in [0.15, 0.2) is 35.2 Å². The smallest absolute Gasteiger partial charge is 0.266 e. The molecule has 1 aromatic heterocycles. The molecule has 9 nitrogen and oxygen atoms in total. The lowest BCUT2D eigenvalue weighted by Gasteiger charge is -2.39. The number of sulfonamides is 1. The minimum Gasteiger partial charge on any atom is -0.493 e. The van der Waals surface area contributed by atoms with E-state index in [1.165, 1.54) is 74.8 Å². The molecule has 0 spiro atoms. The van der Waals surface area contributed by atoms with Crippen molar-refractivity contribution in [1.29, 1.82) is 0 Å². The maximum absolute atomic E-state index is 15.5. The van der Waals surface area contributed by atoms with Gasteiger partial charge in [-0.15, -0.1) is 0 Å². The first-order valence-electron chi connectivity index (χ1n) is 18.4. The molecule has 6 rings (SSSR count). The molecule has 276 valence electrons. The second-order valence-electron chi connectivity index (χ2n) is 14.6. The number of hydrogen-bond donors (Lipinski definition) is 3. The maximum Gasteiger partial charge on any atom is 0.266 e. The third-order valence-electron chi connectivity index (χ3n) is 10.9. The number of halogens is 2. The zero-order valence-corrected chi connectivity index (χ0v) is 31.8. The molecule has 3 N–H and O–H groups in total. The van der Waals surface area contributed by atoms with E-state index in [9.17, 15) is 8.42 Å². The summed E-state index contributed by atoms with van der Waals surface area (Å²) in [6.07, 6.45) is 14.0. The van der Waals surface area contributed by atoms with Crippen LogP contribution in [0.2, 0.25) is 5.02 Å². The van der Waals surface area contributed by atoms with Crippen LogP contribution in [-0.4, -0.2) is 77.4 Å². The van der Waals surface area contributed by atoms with Crippen molar-refractivity contribution in [1.82, 2.24) is 15.2 Å². The Hall–Kier alpha value is -2.22. The highest BCUT2D eigenvalue weighted by Crippen LogP contribution is 2.35. The van der Waals surface area contributed by atoms with Gasteiger partial charge in [-0.1, -0.05) is 48.6 Å². The molecule has 3 fully saturated rings. The van der Waals surface area contributed by atoms with Gasteiger partial charge in [0.1, 0.15) is 16.5 Å². The Morgan fingerprint density at radius 3 is 2.46 bits per heavy atom. The molecule has 1 heterocycles. The Morgan fingerprint density at radius 2 is 1.68 bits per heavy atom. The summed E-state index contributed by atoms with van der Waals surface area (Å²) < 4.78 is 57.7. The van der Waals surface area contributed by atoms with Crippen molar-refractivity contribution in [2.45, 2.75) is 94.0 Å². The molecule has 3 aromatic rings. The maximum atomic E-state index is 15.5. The first-order valence-corrected chi connectivity index (χ1v) is 21.1. The molecule has 13 heteroatoms. The third-order valence-corrected chi connectivity index (χ3v) is 13.6. The van der Waals surface area contributed by atoms with Gasteiger partial charge >= 0.3 is 0 Å². The van der Waals surface area contributed by atoms with E-state index in [0.717, 1.165) is 61.7 Å². The van der Waals surface area contributed by atoms with E-state index in [1.54, 1.807) is 0 Å². The SMILES string of the molecule is CNCC1CCC(COCCN(C)[C@H]2CCCC[C@@H]2Nc2cc(F)c(S(=O)(=O)Nc3nc4ccc(OCC5CCCC5)cc4s3)cc2Cl)CC1. The summed E-state index contributed by atoms with van der Waals surface area (Å²) in [5.41, 5.74) is 1.03. The lowest BCUT2D eigenvalue weighted by Crippen LogP contribution is -2.48. The number of rotatable bonds is 16. The highest BCUT2D eigenvalue weighted by atomic mass is 35.5. The quantitative estimate of drug-likeness (QED) is 0.126. The zero-order chi connectivity index (χ0) is 35.1. The molecule has 2 atom stereocenters. The van der Waals surface area contributed by atoms with Crippen molar-refractivity contribution < 1.29 is 22.3 Å². The molecule has 0 amide bonds. The van der Waals surface area contributed by atoms with Crippen LogP contribution in [0.1, 0.15) is 77.0 Å². The zero-order valence-electron chi connectivity index (χ0n) is 29.4. The summed E-state index contributed by atoms with van der Waals surface area (Å²) >= 11 is 7.81. The standard InChI is InChI=1S/C37H53ClFN5O4S2/c1-40-22-25-11-13-27(14-12-25)23-47-18-17-44(2)34-10-6-5-9-31(34)41-33-21-30(39)36(20-29(33)38)50(45,46)43-37-42-32-16-15-28(19-35(32)49-37)48-24-26-7-3-4-8-26/h15-16,19-21,25-27,31,34,40-41H,3-14,17-18,22-24H2,1-2H3,(H,42,43)/t25?,27?,31-,34-/m0/s1.